The number of rotatable bonds is 6. The lowest BCUT2D eigenvalue weighted by molar-refractivity contribution is -0.146. The summed E-state index contributed by atoms with van der Waals surface area (Å²) in [6.07, 6.45) is 5.36. The van der Waals surface area contributed by atoms with Crippen LogP contribution in [0, 0.1) is 11.8 Å². The van der Waals surface area contributed by atoms with E-state index in [1.807, 2.05) is 6.92 Å². The molecule has 1 aliphatic carbocycles. The van der Waals surface area contributed by atoms with Crippen LogP contribution in [0.4, 0.5) is 0 Å². The monoisotopic (exact) mass is 241 g/mol. The fraction of sp³-hybridized carbons (Fsp3) is 0.846. The standard InChI is InChI=1S/C13H23NO3/c1-3-4-6-9(2)14-12(15)10-7-5-8-11(10)13(16)17/h9-11H,3-8H2,1-2H3,(H,14,15)(H,16,17)/t9?,10-,11+/m1/s1. The Bertz CT molecular complexity index is 278. The van der Waals surface area contributed by atoms with Gasteiger partial charge < -0.3 is 10.4 Å². The van der Waals surface area contributed by atoms with Crippen molar-refractivity contribution >= 4 is 11.9 Å². The maximum atomic E-state index is 12.0. The second-order valence-corrected chi connectivity index (χ2v) is 5.03. The number of carboxylic acid groups (broad SMARTS) is 1. The summed E-state index contributed by atoms with van der Waals surface area (Å²) in [4.78, 5) is 23.0. The van der Waals surface area contributed by atoms with Crippen LogP contribution in [0.5, 0.6) is 0 Å². The van der Waals surface area contributed by atoms with Crippen LogP contribution in [-0.2, 0) is 9.59 Å². The molecular formula is C13H23NO3. The van der Waals surface area contributed by atoms with Crippen LogP contribution in [-0.4, -0.2) is 23.0 Å². The summed E-state index contributed by atoms with van der Waals surface area (Å²) in [5.74, 6) is -1.70. The molecule has 1 aliphatic rings. The molecule has 0 radical (unpaired) electrons. The lowest BCUT2D eigenvalue weighted by Crippen LogP contribution is -2.40. The first-order valence-corrected chi connectivity index (χ1v) is 6.59. The third-order valence-corrected chi connectivity index (χ3v) is 3.55. The minimum absolute atomic E-state index is 0.0708. The van der Waals surface area contributed by atoms with E-state index < -0.39 is 11.9 Å². The van der Waals surface area contributed by atoms with Crippen molar-refractivity contribution in [2.24, 2.45) is 11.8 Å². The smallest absolute Gasteiger partial charge is 0.307 e. The average molecular weight is 241 g/mol. The Hall–Kier alpha value is -1.06. The van der Waals surface area contributed by atoms with Crippen molar-refractivity contribution in [1.82, 2.24) is 5.32 Å². The van der Waals surface area contributed by atoms with E-state index in [1.165, 1.54) is 0 Å². The predicted molar refractivity (Wildman–Crippen MR) is 65.6 cm³/mol. The van der Waals surface area contributed by atoms with Crippen LogP contribution in [0.25, 0.3) is 0 Å². The van der Waals surface area contributed by atoms with E-state index in [2.05, 4.69) is 12.2 Å². The highest BCUT2D eigenvalue weighted by Gasteiger charge is 2.37. The maximum absolute atomic E-state index is 12.0. The van der Waals surface area contributed by atoms with Gasteiger partial charge >= 0.3 is 5.97 Å². The molecule has 1 rings (SSSR count). The number of carbonyl (C=O) groups excluding carboxylic acids is 1. The van der Waals surface area contributed by atoms with Crippen LogP contribution in [0.1, 0.15) is 52.4 Å². The van der Waals surface area contributed by atoms with E-state index in [1.54, 1.807) is 0 Å². The fourth-order valence-corrected chi connectivity index (χ4v) is 2.50. The van der Waals surface area contributed by atoms with Crippen LogP contribution < -0.4 is 5.32 Å². The minimum atomic E-state index is -0.830. The average Bonchev–Trinajstić information content (AvgIpc) is 2.75. The van der Waals surface area contributed by atoms with Crippen LogP contribution >= 0.6 is 0 Å². The molecule has 4 nitrogen and oxygen atoms in total. The molecule has 0 aromatic rings. The first-order chi connectivity index (χ1) is 8.06. The zero-order valence-electron chi connectivity index (χ0n) is 10.7. The lowest BCUT2D eigenvalue weighted by Gasteiger charge is -2.19. The molecular weight excluding hydrogens is 218 g/mol. The molecule has 1 fully saturated rings. The summed E-state index contributed by atoms with van der Waals surface area (Å²) in [5, 5.41) is 12.0. The molecule has 17 heavy (non-hydrogen) atoms. The third kappa shape index (κ3) is 4.02. The topological polar surface area (TPSA) is 66.4 Å². The summed E-state index contributed by atoms with van der Waals surface area (Å²) in [7, 11) is 0. The van der Waals surface area contributed by atoms with E-state index in [0.29, 0.717) is 12.8 Å². The van der Waals surface area contributed by atoms with Gasteiger partial charge in [-0.2, -0.15) is 0 Å². The molecule has 0 heterocycles. The number of carbonyl (C=O) groups is 2. The molecule has 0 bridgehead atoms. The summed E-state index contributed by atoms with van der Waals surface area (Å²) < 4.78 is 0. The summed E-state index contributed by atoms with van der Waals surface area (Å²) in [6.45, 7) is 4.10. The van der Waals surface area contributed by atoms with Crippen molar-refractivity contribution in [1.29, 1.82) is 0 Å². The fourth-order valence-electron chi connectivity index (χ4n) is 2.50. The Morgan fingerprint density at radius 1 is 1.35 bits per heavy atom. The molecule has 1 saturated carbocycles. The van der Waals surface area contributed by atoms with Gasteiger partial charge in [-0.05, 0) is 26.2 Å². The molecule has 1 amide bonds. The first-order valence-electron chi connectivity index (χ1n) is 6.59. The third-order valence-electron chi connectivity index (χ3n) is 3.55. The Kier molecular flexibility index (Phi) is 5.45. The molecule has 0 aromatic heterocycles. The Morgan fingerprint density at radius 2 is 2.00 bits per heavy atom. The second-order valence-electron chi connectivity index (χ2n) is 5.03. The summed E-state index contributed by atoms with van der Waals surface area (Å²) in [5.41, 5.74) is 0. The Labute approximate surface area is 103 Å². The van der Waals surface area contributed by atoms with Crippen molar-refractivity contribution in [3.05, 3.63) is 0 Å². The number of hydrogen-bond donors (Lipinski definition) is 2. The van der Waals surface area contributed by atoms with Crippen molar-refractivity contribution in [2.45, 2.75) is 58.4 Å². The highest BCUT2D eigenvalue weighted by atomic mass is 16.4. The molecule has 98 valence electrons. The molecule has 0 saturated heterocycles. The number of nitrogens with one attached hydrogen (secondary N) is 1. The van der Waals surface area contributed by atoms with Crippen LogP contribution in [0.2, 0.25) is 0 Å². The highest BCUT2D eigenvalue weighted by molar-refractivity contribution is 5.85. The molecule has 0 aromatic carbocycles. The van der Waals surface area contributed by atoms with Gasteiger partial charge in [-0.25, -0.2) is 0 Å². The van der Waals surface area contributed by atoms with Gasteiger partial charge in [-0.1, -0.05) is 26.2 Å². The second kappa shape index (κ2) is 6.62. The highest BCUT2D eigenvalue weighted by Crippen LogP contribution is 2.32. The van der Waals surface area contributed by atoms with Crippen molar-refractivity contribution in [2.75, 3.05) is 0 Å². The maximum Gasteiger partial charge on any atom is 0.307 e. The van der Waals surface area contributed by atoms with Gasteiger partial charge in [0.25, 0.3) is 0 Å². The number of unbranched alkanes of at least 4 members (excludes halogenated alkanes) is 1. The molecule has 0 spiro atoms. The molecule has 2 N–H and O–H groups in total. The van der Waals surface area contributed by atoms with Crippen molar-refractivity contribution in [3.63, 3.8) is 0 Å². The number of amides is 1. The summed E-state index contributed by atoms with van der Waals surface area (Å²) in [6, 6.07) is 0.150. The zero-order chi connectivity index (χ0) is 12.8. The molecule has 1 unspecified atom stereocenters. The van der Waals surface area contributed by atoms with Gasteiger partial charge in [-0.3, -0.25) is 9.59 Å². The van der Waals surface area contributed by atoms with E-state index in [4.69, 9.17) is 5.11 Å². The quantitative estimate of drug-likeness (QED) is 0.749. The van der Waals surface area contributed by atoms with Gasteiger partial charge in [0, 0.05) is 6.04 Å². The van der Waals surface area contributed by atoms with Gasteiger partial charge in [0.2, 0.25) is 5.91 Å². The van der Waals surface area contributed by atoms with Gasteiger partial charge in [0.1, 0.15) is 0 Å². The van der Waals surface area contributed by atoms with Gasteiger partial charge in [0.15, 0.2) is 0 Å². The first kappa shape index (κ1) is 14.0. The number of carboxylic acids is 1. The predicted octanol–water partition coefficient (Wildman–Crippen LogP) is 2.18. The SMILES string of the molecule is CCCCC(C)NC(=O)[C@@H]1CCC[C@@H]1C(=O)O. The van der Waals surface area contributed by atoms with E-state index >= 15 is 0 Å². The lowest BCUT2D eigenvalue weighted by atomic mass is 9.95. The van der Waals surface area contributed by atoms with Crippen molar-refractivity contribution < 1.29 is 14.7 Å². The molecule has 4 heteroatoms. The Morgan fingerprint density at radius 3 is 2.59 bits per heavy atom. The van der Waals surface area contributed by atoms with Gasteiger partial charge in [0.05, 0.1) is 11.8 Å². The van der Waals surface area contributed by atoms with Crippen LogP contribution in [0.3, 0.4) is 0 Å². The van der Waals surface area contributed by atoms with E-state index in [-0.39, 0.29) is 17.9 Å². The largest absolute Gasteiger partial charge is 0.481 e. The van der Waals surface area contributed by atoms with E-state index in [0.717, 1.165) is 25.7 Å². The minimum Gasteiger partial charge on any atom is -0.481 e. The van der Waals surface area contributed by atoms with Gasteiger partial charge in [-0.15, -0.1) is 0 Å². The number of hydrogen-bond acceptors (Lipinski definition) is 2. The normalized spacial score (nSPS) is 25.5. The van der Waals surface area contributed by atoms with E-state index in [9.17, 15) is 9.59 Å². The summed E-state index contributed by atoms with van der Waals surface area (Å²) >= 11 is 0. The Balaban J connectivity index is 2.43. The number of aliphatic carboxylic acids is 1. The molecule has 0 aliphatic heterocycles. The van der Waals surface area contributed by atoms with Crippen LogP contribution in [0.15, 0.2) is 0 Å². The zero-order valence-corrected chi connectivity index (χ0v) is 10.7. The van der Waals surface area contributed by atoms with Crippen molar-refractivity contribution in [3.8, 4) is 0 Å². The molecule has 3 atom stereocenters.